The molecule has 44 heavy (non-hydrogen) atoms. The lowest BCUT2D eigenvalue weighted by Gasteiger charge is -2.11. The van der Waals surface area contributed by atoms with Crippen molar-refractivity contribution >= 4 is 33.8 Å². The topological polar surface area (TPSA) is 190 Å². The van der Waals surface area contributed by atoms with E-state index in [9.17, 15) is 42.1 Å². The summed E-state index contributed by atoms with van der Waals surface area (Å²) >= 11 is 2.40. The summed E-state index contributed by atoms with van der Waals surface area (Å²) in [7, 11) is 0. The Kier molecular flexibility index (Phi) is 9.09. The zero-order chi connectivity index (χ0) is 31.6. The summed E-state index contributed by atoms with van der Waals surface area (Å²) < 4.78 is 0. The fourth-order valence-electron chi connectivity index (χ4n) is 4.26. The van der Waals surface area contributed by atoms with E-state index in [1.807, 2.05) is 48.6 Å². The number of hydrogen-bond acceptors (Lipinski definition) is 10. The van der Waals surface area contributed by atoms with E-state index in [1.165, 1.54) is 22.7 Å². The lowest BCUT2D eigenvalue weighted by atomic mass is 9.90. The Bertz CT molecular complexity index is 2090. The SMILES string of the molecule is N#CC(C#N)=C(C1=C=CC=C1)C(=C(C#N)C#N)c1ccc(-c2ccc(C(=C(C#N)C#N)C(C3=C=CC=C3)=C(C#N)C#N)s2)s1. The molecule has 0 bridgehead atoms. The second kappa shape index (κ2) is 13.4. The molecule has 2 aromatic heterocycles. The van der Waals surface area contributed by atoms with Crippen LogP contribution in [0.15, 0.2) is 117 Å². The van der Waals surface area contributed by atoms with Crippen LogP contribution in [-0.4, -0.2) is 0 Å². The maximum atomic E-state index is 9.80. The number of allylic oxidation sites excluding steroid dienone is 14. The Labute approximate surface area is 259 Å². The van der Waals surface area contributed by atoms with Gasteiger partial charge < -0.3 is 0 Å². The third-order valence-corrected chi connectivity index (χ3v) is 8.48. The van der Waals surface area contributed by atoms with E-state index in [1.54, 1.807) is 60.7 Å². The summed E-state index contributed by atoms with van der Waals surface area (Å²) in [6.45, 7) is 0. The maximum absolute atomic E-state index is 9.80. The molecule has 0 radical (unpaired) electrons. The quantitative estimate of drug-likeness (QED) is 0.185. The summed E-state index contributed by atoms with van der Waals surface area (Å²) in [6.07, 6.45) is 9.74. The number of hydrogen-bond donors (Lipinski definition) is 0. The van der Waals surface area contributed by atoms with Gasteiger partial charge in [-0.1, -0.05) is 12.2 Å². The van der Waals surface area contributed by atoms with Crippen LogP contribution in [0.3, 0.4) is 0 Å². The molecule has 8 nitrogen and oxygen atoms in total. The minimum Gasteiger partial charge on any atom is -0.192 e. The minimum absolute atomic E-state index is 0.109. The molecule has 0 amide bonds. The Morgan fingerprint density at radius 3 is 1.05 bits per heavy atom. The summed E-state index contributed by atoms with van der Waals surface area (Å²) in [5, 5.41) is 78.0. The van der Waals surface area contributed by atoms with Crippen LogP contribution < -0.4 is 0 Å². The molecule has 0 spiro atoms. The lowest BCUT2D eigenvalue weighted by molar-refractivity contribution is 1.41. The van der Waals surface area contributed by atoms with Crippen molar-refractivity contribution in [2.75, 3.05) is 0 Å². The smallest absolute Gasteiger partial charge is 0.139 e. The van der Waals surface area contributed by atoms with E-state index >= 15 is 0 Å². The molecule has 198 valence electrons. The van der Waals surface area contributed by atoms with E-state index in [4.69, 9.17) is 0 Å². The molecule has 0 aromatic carbocycles. The van der Waals surface area contributed by atoms with Crippen molar-refractivity contribution in [2.24, 2.45) is 0 Å². The van der Waals surface area contributed by atoms with Gasteiger partial charge in [0.05, 0.1) is 0 Å². The summed E-state index contributed by atoms with van der Waals surface area (Å²) in [6, 6.07) is 21.7. The van der Waals surface area contributed by atoms with Gasteiger partial charge in [-0.05, 0) is 48.6 Å². The summed E-state index contributed by atoms with van der Waals surface area (Å²) in [5.41, 5.74) is 5.91. The minimum atomic E-state index is -0.294. The molecule has 0 fully saturated rings. The van der Waals surface area contributed by atoms with E-state index in [2.05, 4.69) is 11.5 Å². The van der Waals surface area contributed by atoms with Crippen molar-refractivity contribution in [1.29, 1.82) is 42.1 Å². The van der Waals surface area contributed by atoms with Crippen LogP contribution in [0.1, 0.15) is 9.75 Å². The molecule has 0 saturated carbocycles. The molecule has 0 atom stereocenters. The molecule has 10 heteroatoms. The molecule has 2 aliphatic rings. The second-order valence-electron chi connectivity index (χ2n) is 8.39. The van der Waals surface area contributed by atoms with Gasteiger partial charge in [0.15, 0.2) is 0 Å². The van der Waals surface area contributed by atoms with E-state index in [-0.39, 0.29) is 44.6 Å². The van der Waals surface area contributed by atoms with Gasteiger partial charge in [0.2, 0.25) is 0 Å². The van der Waals surface area contributed by atoms with Gasteiger partial charge in [-0.3, -0.25) is 0 Å². The zero-order valence-corrected chi connectivity index (χ0v) is 23.8. The average Bonchev–Trinajstić information content (AvgIpc) is 3.88. The molecular formula is C34H10N8S2. The van der Waals surface area contributed by atoms with Gasteiger partial charge in [0, 0.05) is 52.9 Å². The van der Waals surface area contributed by atoms with Gasteiger partial charge >= 0.3 is 0 Å². The third kappa shape index (κ3) is 5.53. The second-order valence-corrected chi connectivity index (χ2v) is 10.6. The van der Waals surface area contributed by atoms with E-state index in [0.29, 0.717) is 30.7 Å². The van der Waals surface area contributed by atoms with Crippen molar-refractivity contribution in [3.05, 3.63) is 127 Å². The van der Waals surface area contributed by atoms with Gasteiger partial charge in [-0.25, -0.2) is 0 Å². The van der Waals surface area contributed by atoms with Crippen LogP contribution in [0.25, 0.3) is 20.9 Å². The molecule has 2 aromatic rings. The van der Waals surface area contributed by atoms with Crippen molar-refractivity contribution in [2.45, 2.75) is 0 Å². The van der Waals surface area contributed by atoms with Crippen LogP contribution in [0.4, 0.5) is 0 Å². The lowest BCUT2D eigenvalue weighted by Crippen LogP contribution is -1.98. The third-order valence-electron chi connectivity index (χ3n) is 6.08. The number of thiophene rings is 2. The molecule has 0 N–H and O–H groups in total. The van der Waals surface area contributed by atoms with Crippen molar-refractivity contribution in [1.82, 2.24) is 0 Å². The zero-order valence-electron chi connectivity index (χ0n) is 22.2. The Balaban J connectivity index is 1.93. The van der Waals surface area contributed by atoms with Gasteiger partial charge in [0.25, 0.3) is 0 Å². The molecule has 4 rings (SSSR count). The van der Waals surface area contributed by atoms with Crippen LogP contribution in [0.5, 0.6) is 0 Å². The summed E-state index contributed by atoms with van der Waals surface area (Å²) in [4.78, 5) is 2.22. The monoisotopic (exact) mass is 594 g/mol. The van der Waals surface area contributed by atoms with Crippen LogP contribution in [-0.2, 0) is 0 Å². The molecular weight excluding hydrogens is 585 g/mol. The fraction of sp³-hybridized carbons (Fsp3) is 0. The van der Waals surface area contributed by atoms with Crippen LogP contribution >= 0.6 is 22.7 Å². The van der Waals surface area contributed by atoms with Gasteiger partial charge in [-0.2, -0.15) is 42.1 Å². The number of nitriles is 8. The number of rotatable bonds is 7. The Hall–Kier alpha value is -7.20. The first-order valence-electron chi connectivity index (χ1n) is 12.2. The maximum Gasteiger partial charge on any atom is 0.139 e. The van der Waals surface area contributed by atoms with Crippen molar-refractivity contribution < 1.29 is 0 Å². The normalized spacial score (nSPS) is 11.1. The predicted octanol–water partition coefficient (Wildman–Crippen LogP) is 7.07. The molecule has 0 aliphatic heterocycles. The highest BCUT2D eigenvalue weighted by Gasteiger charge is 2.26. The largest absolute Gasteiger partial charge is 0.192 e. The summed E-state index contributed by atoms with van der Waals surface area (Å²) in [5.74, 6) is 0. The van der Waals surface area contributed by atoms with Crippen molar-refractivity contribution in [3.63, 3.8) is 0 Å². The predicted molar refractivity (Wildman–Crippen MR) is 162 cm³/mol. The molecule has 0 saturated heterocycles. The highest BCUT2D eigenvalue weighted by Crippen LogP contribution is 2.44. The van der Waals surface area contributed by atoms with Gasteiger partial charge in [0.1, 0.15) is 70.8 Å². The van der Waals surface area contributed by atoms with E-state index in [0.717, 1.165) is 0 Å². The molecule has 2 aliphatic carbocycles. The van der Waals surface area contributed by atoms with E-state index < -0.39 is 0 Å². The Morgan fingerprint density at radius 1 is 0.455 bits per heavy atom. The highest BCUT2D eigenvalue weighted by atomic mass is 32.1. The molecule has 2 heterocycles. The highest BCUT2D eigenvalue weighted by molar-refractivity contribution is 7.23. The first kappa shape index (κ1) is 29.8. The van der Waals surface area contributed by atoms with Crippen molar-refractivity contribution in [3.8, 4) is 58.3 Å². The standard InChI is InChI=1S/C34H10N8S2/c35-13-23(14-36)31(21-5-1-2-6-21)33(25(17-39)18-40)29-11-9-27(43-29)28-10-12-30(44-28)34(26(19-41)20-42)32(24(15-37)16-38)22-7-3-4-8-22/h1-5,7,9-12H. The number of nitrogens with zero attached hydrogens (tertiary/aromatic N) is 8. The fourth-order valence-corrected chi connectivity index (χ4v) is 6.48. The first-order valence-corrected chi connectivity index (χ1v) is 13.8. The molecule has 0 unspecified atom stereocenters. The Morgan fingerprint density at radius 2 is 0.773 bits per heavy atom. The van der Waals surface area contributed by atoms with Crippen LogP contribution in [0.2, 0.25) is 0 Å². The van der Waals surface area contributed by atoms with Gasteiger partial charge in [-0.15, -0.1) is 34.1 Å². The van der Waals surface area contributed by atoms with Crippen LogP contribution in [0, 0.1) is 90.6 Å². The first-order chi connectivity index (χ1) is 21.5. The average molecular weight is 595 g/mol.